The van der Waals surface area contributed by atoms with Crippen LogP contribution in [0, 0.1) is 26.2 Å². The second-order valence-corrected chi connectivity index (χ2v) is 2.30. The summed E-state index contributed by atoms with van der Waals surface area (Å²) in [5.41, 5.74) is 3.09. The molecule has 0 bridgehead atoms. The molecule has 1 rings (SSSR count). The molecule has 0 fully saturated rings. The molecule has 1 aromatic rings. The zero-order chi connectivity index (χ0) is 7.56. The van der Waals surface area contributed by atoms with Crippen molar-refractivity contribution >= 4 is 0 Å². The number of aryl methyl sites for hydroxylation is 2. The van der Waals surface area contributed by atoms with Gasteiger partial charge in [0.1, 0.15) is 5.69 Å². The van der Waals surface area contributed by atoms with Gasteiger partial charge >= 0.3 is 0 Å². The third-order valence-corrected chi connectivity index (χ3v) is 1.52. The van der Waals surface area contributed by atoms with Crippen LogP contribution in [0.1, 0.15) is 16.8 Å². The van der Waals surface area contributed by atoms with E-state index in [4.69, 9.17) is 6.42 Å². The summed E-state index contributed by atoms with van der Waals surface area (Å²) >= 11 is 0. The van der Waals surface area contributed by atoms with Crippen LogP contribution in [0.3, 0.4) is 0 Å². The van der Waals surface area contributed by atoms with Gasteiger partial charge in [-0.2, -0.15) is 0 Å². The molecule has 0 aliphatic heterocycles. The molecule has 1 heterocycles. The minimum Gasteiger partial charge on any atom is -0.248 e. The molecule has 0 aliphatic carbocycles. The lowest BCUT2D eigenvalue weighted by molar-refractivity contribution is 1.19. The van der Waals surface area contributed by atoms with Crippen molar-refractivity contribution < 1.29 is 0 Å². The standard InChI is InChI=1S/C9H9N/c1-4-9-5-7(2)8(3)6-10-9/h1,5-6H,2-3H3. The Morgan fingerprint density at radius 3 is 2.60 bits per heavy atom. The van der Waals surface area contributed by atoms with Gasteiger partial charge in [-0.1, -0.05) is 5.92 Å². The van der Waals surface area contributed by atoms with Crippen molar-refractivity contribution in [3.8, 4) is 12.3 Å². The van der Waals surface area contributed by atoms with Crippen LogP contribution in [0.5, 0.6) is 0 Å². The molecule has 0 aromatic carbocycles. The Labute approximate surface area is 61.1 Å². The van der Waals surface area contributed by atoms with Gasteiger partial charge in [-0.05, 0) is 31.0 Å². The van der Waals surface area contributed by atoms with Crippen LogP contribution in [0.2, 0.25) is 0 Å². The van der Waals surface area contributed by atoms with E-state index in [1.165, 1.54) is 11.1 Å². The Kier molecular flexibility index (Phi) is 1.73. The summed E-state index contributed by atoms with van der Waals surface area (Å²) in [5, 5.41) is 0. The first-order chi connectivity index (χ1) is 4.74. The molecule has 50 valence electrons. The summed E-state index contributed by atoms with van der Waals surface area (Å²) in [6.45, 7) is 4.04. The molecule has 0 spiro atoms. The number of nitrogens with zero attached hydrogens (tertiary/aromatic N) is 1. The molecule has 0 unspecified atom stereocenters. The van der Waals surface area contributed by atoms with Crippen LogP contribution in [-0.2, 0) is 0 Å². The highest BCUT2D eigenvalue weighted by Gasteiger charge is 1.92. The molecule has 0 amide bonds. The van der Waals surface area contributed by atoms with Crippen LogP contribution in [0.15, 0.2) is 12.3 Å². The molecule has 1 nitrogen and oxygen atoms in total. The minimum absolute atomic E-state index is 0.711. The number of pyridine rings is 1. The average molecular weight is 131 g/mol. The van der Waals surface area contributed by atoms with E-state index in [1.54, 1.807) is 6.20 Å². The lowest BCUT2D eigenvalue weighted by Gasteiger charge is -1.97. The van der Waals surface area contributed by atoms with Crippen molar-refractivity contribution in [3.63, 3.8) is 0 Å². The predicted molar refractivity (Wildman–Crippen MR) is 41.6 cm³/mol. The molecule has 0 aliphatic rings. The lowest BCUT2D eigenvalue weighted by atomic mass is 10.1. The minimum atomic E-state index is 0.711. The van der Waals surface area contributed by atoms with E-state index in [0.717, 1.165) is 0 Å². The molecule has 0 radical (unpaired) electrons. The number of rotatable bonds is 0. The van der Waals surface area contributed by atoms with Gasteiger partial charge in [-0.3, -0.25) is 0 Å². The zero-order valence-electron chi connectivity index (χ0n) is 6.18. The summed E-state index contributed by atoms with van der Waals surface area (Å²) in [6.07, 6.45) is 6.95. The Morgan fingerprint density at radius 2 is 2.10 bits per heavy atom. The molecule has 0 saturated carbocycles. The highest BCUT2D eigenvalue weighted by atomic mass is 14.7. The van der Waals surface area contributed by atoms with Crippen molar-refractivity contribution in [3.05, 3.63) is 29.1 Å². The lowest BCUT2D eigenvalue weighted by Crippen LogP contribution is -1.86. The van der Waals surface area contributed by atoms with E-state index in [0.29, 0.717) is 5.69 Å². The quantitative estimate of drug-likeness (QED) is 0.488. The predicted octanol–water partition coefficient (Wildman–Crippen LogP) is 1.68. The third kappa shape index (κ3) is 1.16. The molecule has 10 heavy (non-hydrogen) atoms. The molecular weight excluding hydrogens is 122 g/mol. The van der Waals surface area contributed by atoms with Crippen LogP contribution in [0.25, 0.3) is 0 Å². The number of hydrogen-bond acceptors (Lipinski definition) is 1. The fourth-order valence-corrected chi connectivity index (χ4v) is 0.703. The average Bonchev–Trinajstić information content (AvgIpc) is 1.95. The van der Waals surface area contributed by atoms with Gasteiger partial charge in [-0.15, -0.1) is 6.42 Å². The smallest absolute Gasteiger partial charge is 0.113 e. The normalized spacial score (nSPS) is 8.90. The SMILES string of the molecule is C#Cc1cc(C)c(C)cn1. The van der Waals surface area contributed by atoms with Crippen molar-refractivity contribution in [1.82, 2.24) is 4.98 Å². The van der Waals surface area contributed by atoms with Crippen LogP contribution in [-0.4, -0.2) is 4.98 Å². The summed E-state index contributed by atoms with van der Waals surface area (Å²) in [4.78, 5) is 4.02. The Morgan fingerprint density at radius 1 is 1.40 bits per heavy atom. The Balaban J connectivity index is 3.20. The molecule has 0 N–H and O–H groups in total. The first-order valence-electron chi connectivity index (χ1n) is 3.14. The summed E-state index contributed by atoms with van der Waals surface area (Å²) in [7, 11) is 0. The van der Waals surface area contributed by atoms with Crippen molar-refractivity contribution in [2.45, 2.75) is 13.8 Å². The zero-order valence-corrected chi connectivity index (χ0v) is 6.18. The maximum absolute atomic E-state index is 5.16. The van der Waals surface area contributed by atoms with E-state index >= 15 is 0 Å². The van der Waals surface area contributed by atoms with E-state index in [9.17, 15) is 0 Å². The van der Waals surface area contributed by atoms with Crippen LogP contribution in [0.4, 0.5) is 0 Å². The molecule has 0 saturated heterocycles. The summed E-state index contributed by atoms with van der Waals surface area (Å²) in [5.74, 6) is 2.48. The number of terminal acetylenes is 1. The van der Waals surface area contributed by atoms with E-state index in [2.05, 4.69) is 10.9 Å². The largest absolute Gasteiger partial charge is 0.248 e. The molecular formula is C9H9N. The van der Waals surface area contributed by atoms with Crippen LogP contribution >= 0.6 is 0 Å². The Hall–Kier alpha value is -1.29. The van der Waals surface area contributed by atoms with Gasteiger partial charge in [0.25, 0.3) is 0 Å². The summed E-state index contributed by atoms with van der Waals surface area (Å²) in [6, 6.07) is 1.91. The topological polar surface area (TPSA) is 12.9 Å². The van der Waals surface area contributed by atoms with Gasteiger partial charge in [-0.25, -0.2) is 4.98 Å². The molecule has 1 heteroatoms. The first-order valence-corrected chi connectivity index (χ1v) is 3.14. The van der Waals surface area contributed by atoms with E-state index < -0.39 is 0 Å². The third-order valence-electron chi connectivity index (χ3n) is 1.52. The van der Waals surface area contributed by atoms with E-state index in [-0.39, 0.29) is 0 Å². The van der Waals surface area contributed by atoms with Gasteiger partial charge in [0.05, 0.1) is 0 Å². The second kappa shape index (κ2) is 2.53. The first kappa shape index (κ1) is 6.82. The fourth-order valence-electron chi connectivity index (χ4n) is 0.703. The maximum Gasteiger partial charge on any atom is 0.113 e. The van der Waals surface area contributed by atoms with Gasteiger partial charge in [0.15, 0.2) is 0 Å². The monoisotopic (exact) mass is 131 g/mol. The Bertz CT molecular complexity index is 281. The number of aromatic nitrogens is 1. The van der Waals surface area contributed by atoms with Crippen molar-refractivity contribution in [2.24, 2.45) is 0 Å². The molecule has 1 aromatic heterocycles. The fraction of sp³-hybridized carbons (Fsp3) is 0.222. The molecule has 0 atom stereocenters. The highest BCUT2D eigenvalue weighted by Crippen LogP contribution is 2.04. The summed E-state index contributed by atoms with van der Waals surface area (Å²) < 4.78 is 0. The van der Waals surface area contributed by atoms with Crippen LogP contribution < -0.4 is 0 Å². The van der Waals surface area contributed by atoms with E-state index in [1.807, 2.05) is 19.9 Å². The maximum atomic E-state index is 5.16. The number of hydrogen-bond donors (Lipinski definition) is 0. The van der Waals surface area contributed by atoms with Gasteiger partial charge in [0, 0.05) is 6.20 Å². The van der Waals surface area contributed by atoms with Crippen molar-refractivity contribution in [1.29, 1.82) is 0 Å². The van der Waals surface area contributed by atoms with Crippen molar-refractivity contribution in [2.75, 3.05) is 0 Å². The second-order valence-electron chi connectivity index (χ2n) is 2.30. The van der Waals surface area contributed by atoms with Gasteiger partial charge in [0.2, 0.25) is 0 Å². The highest BCUT2D eigenvalue weighted by molar-refractivity contribution is 5.31. The van der Waals surface area contributed by atoms with Gasteiger partial charge < -0.3 is 0 Å².